The summed E-state index contributed by atoms with van der Waals surface area (Å²) >= 11 is 0. The molecule has 1 fully saturated rings. The van der Waals surface area contributed by atoms with Crippen LogP contribution in [-0.2, 0) is 14.8 Å². The SMILES string of the molecule is CS(=O)(=O)N(CCNC(=O)C1CCCCC1)c1cccc(C#N)c1. The van der Waals surface area contributed by atoms with Gasteiger partial charge in [0.1, 0.15) is 0 Å². The number of carbonyl (C=O) groups excluding carboxylic acids is 1. The third kappa shape index (κ3) is 4.96. The van der Waals surface area contributed by atoms with Crippen LogP contribution in [-0.4, -0.2) is 33.7 Å². The van der Waals surface area contributed by atoms with Crippen molar-refractivity contribution in [1.82, 2.24) is 5.32 Å². The Balaban J connectivity index is 1.99. The van der Waals surface area contributed by atoms with Crippen molar-refractivity contribution in [2.75, 3.05) is 23.7 Å². The van der Waals surface area contributed by atoms with Crippen molar-refractivity contribution >= 4 is 21.6 Å². The van der Waals surface area contributed by atoms with E-state index in [2.05, 4.69) is 5.32 Å². The highest BCUT2D eigenvalue weighted by molar-refractivity contribution is 7.92. The van der Waals surface area contributed by atoms with Gasteiger partial charge in [0.25, 0.3) is 0 Å². The average Bonchev–Trinajstić information content (AvgIpc) is 2.58. The number of hydrogen-bond donors (Lipinski definition) is 1. The van der Waals surface area contributed by atoms with Crippen LogP contribution in [0.15, 0.2) is 24.3 Å². The lowest BCUT2D eigenvalue weighted by molar-refractivity contribution is -0.125. The Morgan fingerprint density at radius 3 is 2.67 bits per heavy atom. The second-order valence-corrected chi connectivity index (χ2v) is 8.03. The molecule has 1 aliphatic carbocycles. The van der Waals surface area contributed by atoms with Crippen molar-refractivity contribution in [2.45, 2.75) is 32.1 Å². The molecule has 2 rings (SSSR count). The van der Waals surface area contributed by atoms with E-state index in [0.717, 1.165) is 31.9 Å². The molecule has 0 atom stereocenters. The van der Waals surface area contributed by atoms with Crippen LogP contribution in [0.5, 0.6) is 0 Å². The molecule has 1 N–H and O–H groups in total. The van der Waals surface area contributed by atoms with Gasteiger partial charge in [-0.3, -0.25) is 9.10 Å². The molecule has 0 saturated heterocycles. The number of nitrogens with one attached hydrogen (secondary N) is 1. The second-order valence-electron chi connectivity index (χ2n) is 6.12. The Bertz CT molecular complexity index is 719. The maximum Gasteiger partial charge on any atom is 0.232 e. The number of anilines is 1. The van der Waals surface area contributed by atoms with Gasteiger partial charge in [-0.15, -0.1) is 0 Å². The average molecular weight is 349 g/mol. The molecule has 0 radical (unpaired) electrons. The summed E-state index contributed by atoms with van der Waals surface area (Å²) < 4.78 is 25.3. The monoisotopic (exact) mass is 349 g/mol. The van der Waals surface area contributed by atoms with Gasteiger partial charge in [-0.2, -0.15) is 5.26 Å². The van der Waals surface area contributed by atoms with E-state index in [1.54, 1.807) is 18.2 Å². The van der Waals surface area contributed by atoms with Crippen molar-refractivity contribution in [3.63, 3.8) is 0 Å². The van der Waals surface area contributed by atoms with Crippen LogP contribution in [0.3, 0.4) is 0 Å². The summed E-state index contributed by atoms with van der Waals surface area (Å²) in [5.41, 5.74) is 0.829. The third-order valence-corrected chi connectivity index (χ3v) is 5.45. The molecule has 0 bridgehead atoms. The van der Waals surface area contributed by atoms with Gasteiger partial charge in [0.15, 0.2) is 0 Å². The molecule has 7 heteroatoms. The van der Waals surface area contributed by atoms with E-state index in [0.29, 0.717) is 11.3 Å². The maximum absolute atomic E-state index is 12.1. The summed E-state index contributed by atoms with van der Waals surface area (Å²) in [5.74, 6) is 0.0567. The van der Waals surface area contributed by atoms with Crippen LogP contribution >= 0.6 is 0 Å². The van der Waals surface area contributed by atoms with Gasteiger partial charge in [-0.25, -0.2) is 8.42 Å². The largest absolute Gasteiger partial charge is 0.354 e. The zero-order valence-electron chi connectivity index (χ0n) is 13.9. The smallest absolute Gasteiger partial charge is 0.232 e. The number of rotatable bonds is 6. The quantitative estimate of drug-likeness (QED) is 0.851. The van der Waals surface area contributed by atoms with Gasteiger partial charge in [0, 0.05) is 12.5 Å². The van der Waals surface area contributed by atoms with Crippen molar-refractivity contribution in [1.29, 1.82) is 5.26 Å². The van der Waals surface area contributed by atoms with Gasteiger partial charge < -0.3 is 5.32 Å². The molecule has 130 valence electrons. The summed E-state index contributed by atoms with van der Waals surface area (Å²) in [4.78, 5) is 12.1. The highest BCUT2D eigenvalue weighted by atomic mass is 32.2. The zero-order valence-corrected chi connectivity index (χ0v) is 14.7. The normalized spacial score (nSPS) is 15.5. The van der Waals surface area contributed by atoms with E-state index < -0.39 is 10.0 Å². The van der Waals surface area contributed by atoms with E-state index in [4.69, 9.17) is 5.26 Å². The number of carbonyl (C=O) groups is 1. The molecule has 0 aromatic heterocycles. The van der Waals surface area contributed by atoms with E-state index in [9.17, 15) is 13.2 Å². The lowest BCUT2D eigenvalue weighted by Crippen LogP contribution is -2.40. The summed E-state index contributed by atoms with van der Waals surface area (Å²) in [5, 5.41) is 11.8. The van der Waals surface area contributed by atoms with Gasteiger partial charge >= 0.3 is 0 Å². The molecule has 24 heavy (non-hydrogen) atoms. The summed E-state index contributed by atoms with van der Waals surface area (Å²) in [6.07, 6.45) is 6.27. The Morgan fingerprint density at radius 1 is 1.33 bits per heavy atom. The minimum atomic E-state index is -3.49. The Labute approximate surface area is 143 Å². The standard InChI is InChI=1S/C17H23N3O3S/c1-24(22,23)20(16-9-5-6-14(12-16)13-18)11-10-19-17(21)15-7-3-2-4-8-15/h5-6,9,12,15H,2-4,7-8,10-11H2,1H3,(H,19,21). The van der Waals surface area contributed by atoms with E-state index in [1.165, 1.54) is 16.8 Å². The Kier molecular flexibility index (Phi) is 6.21. The minimum absolute atomic E-state index is 0.00827. The first-order valence-corrected chi connectivity index (χ1v) is 10.0. The molecule has 1 aromatic carbocycles. The van der Waals surface area contributed by atoms with E-state index in [-0.39, 0.29) is 24.9 Å². The second kappa shape index (κ2) is 8.15. The first-order chi connectivity index (χ1) is 11.4. The van der Waals surface area contributed by atoms with E-state index in [1.807, 2.05) is 6.07 Å². The van der Waals surface area contributed by atoms with Gasteiger partial charge in [0.05, 0.1) is 30.1 Å². The number of sulfonamides is 1. The lowest BCUT2D eigenvalue weighted by Gasteiger charge is -2.24. The number of amides is 1. The van der Waals surface area contributed by atoms with Gasteiger partial charge in [-0.1, -0.05) is 25.3 Å². The molecule has 0 unspecified atom stereocenters. The summed E-state index contributed by atoms with van der Waals surface area (Å²) in [7, 11) is -3.49. The zero-order chi connectivity index (χ0) is 17.6. The van der Waals surface area contributed by atoms with Crippen LogP contribution in [0.1, 0.15) is 37.7 Å². The Hall–Kier alpha value is -2.07. The fourth-order valence-electron chi connectivity index (χ4n) is 3.01. The highest BCUT2D eigenvalue weighted by Crippen LogP contribution is 2.23. The van der Waals surface area contributed by atoms with E-state index >= 15 is 0 Å². The number of nitrogens with zero attached hydrogens (tertiary/aromatic N) is 2. The van der Waals surface area contributed by atoms with Crippen LogP contribution in [0.2, 0.25) is 0 Å². The number of nitriles is 1. The molecule has 1 aliphatic rings. The topological polar surface area (TPSA) is 90.3 Å². The van der Waals surface area contributed by atoms with Crippen LogP contribution < -0.4 is 9.62 Å². The predicted molar refractivity (Wildman–Crippen MR) is 92.9 cm³/mol. The predicted octanol–water partition coefficient (Wildman–Crippen LogP) is 2.02. The minimum Gasteiger partial charge on any atom is -0.354 e. The molecule has 1 saturated carbocycles. The fraction of sp³-hybridized carbons (Fsp3) is 0.529. The van der Waals surface area contributed by atoms with Crippen LogP contribution in [0.4, 0.5) is 5.69 Å². The summed E-state index contributed by atoms with van der Waals surface area (Å²) in [6, 6.07) is 8.44. The van der Waals surface area contributed by atoms with Crippen molar-refractivity contribution in [3.05, 3.63) is 29.8 Å². The molecule has 0 spiro atoms. The van der Waals surface area contributed by atoms with Crippen LogP contribution in [0, 0.1) is 17.2 Å². The molecule has 0 aliphatic heterocycles. The van der Waals surface area contributed by atoms with Crippen molar-refractivity contribution in [2.24, 2.45) is 5.92 Å². The molecular formula is C17H23N3O3S. The molecule has 0 heterocycles. The van der Waals surface area contributed by atoms with Crippen LogP contribution in [0.25, 0.3) is 0 Å². The first kappa shape index (κ1) is 18.3. The first-order valence-electron chi connectivity index (χ1n) is 8.17. The molecular weight excluding hydrogens is 326 g/mol. The van der Waals surface area contributed by atoms with Gasteiger partial charge in [-0.05, 0) is 31.0 Å². The highest BCUT2D eigenvalue weighted by Gasteiger charge is 2.22. The fourth-order valence-corrected chi connectivity index (χ4v) is 3.93. The lowest BCUT2D eigenvalue weighted by atomic mass is 9.89. The van der Waals surface area contributed by atoms with Crippen molar-refractivity contribution < 1.29 is 13.2 Å². The number of hydrogen-bond acceptors (Lipinski definition) is 4. The van der Waals surface area contributed by atoms with Crippen molar-refractivity contribution in [3.8, 4) is 6.07 Å². The van der Waals surface area contributed by atoms with Gasteiger partial charge in [0.2, 0.25) is 15.9 Å². The molecule has 6 nitrogen and oxygen atoms in total. The summed E-state index contributed by atoms with van der Waals surface area (Å²) in [6.45, 7) is 0.394. The maximum atomic E-state index is 12.1. The molecule has 1 aromatic rings. The molecule has 1 amide bonds. The number of benzene rings is 1. The third-order valence-electron chi connectivity index (χ3n) is 4.25. The Morgan fingerprint density at radius 2 is 2.04 bits per heavy atom.